The molecule has 0 saturated heterocycles. The predicted molar refractivity (Wildman–Crippen MR) is 104 cm³/mol. The van der Waals surface area contributed by atoms with E-state index in [9.17, 15) is 19.2 Å². The molecule has 0 aliphatic rings. The van der Waals surface area contributed by atoms with E-state index in [1.165, 1.54) is 25.6 Å². The number of nitrogens with zero attached hydrogens (tertiary/aromatic N) is 2. The van der Waals surface area contributed by atoms with Crippen LogP contribution in [0.3, 0.4) is 0 Å². The molecule has 0 spiro atoms. The molecule has 2 heterocycles. The minimum absolute atomic E-state index is 0.262. The quantitative estimate of drug-likeness (QED) is 0.620. The predicted octanol–water partition coefficient (Wildman–Crippen LogP) is 1.29. The van der Waals surface area contributed by atoms with E-state index in [0.717, 1.165) is 15.9 Å². The molecule has 3 rings (SSSR count). The van der Waals surface area contributed by atoms with Crippen molar-refractivity contribution in [3.8, 4) is 0 Å². The number of primary amides is 1. The summed E-state index contributed by atoms with van der Waals surface area (Å²) in [5, 5.41) is 2.91. The van der Waals surface area contributed by atoms with Crippen molar-refractivity contribution in [2.75, 3.05) is 12.4 Å². The van der Waals surface area contributed by atoms with Crippen molar-refractivity contribution in [3.63, 3.8) is 0 Å². The van der Waals surface area contributed by atoms with Crippen LogP contribution in [-0.4, -0.2) is 34.4 Å². The highest BCUT2D eigenvalue weighted by atomic mass is 32.1. The number of fused-ring (bicyclic) bond motifs is 1. The smallest absolute Gasteiger partial charge is 0.337 e. The zero-order chi connectivity index (χ0) is 20.4. The zero-order valence-electron chi connectivity index (χ0n) is 15.0. The van der Waals surface area contributed by atoms with Crippen molar-refractivity contribution in [2.24, 2.45) is 5.73 Å². The third-order valence-corrected chi connectivity index (χ3v) is 5.26. The van der Waals surface area contributed by atoms with Crippen molar-refractivity contribution < 1.29 is 19.1 Å². The van der Waals surface area contributed by atoms with Crippen molar-refractivity contribution in [3.05, 3.63) is 57.0 Å². The average molecular weight is 400 g/mol. The van der Waals surface area contributed by atoms with Crippen LogP contribution in [0.15, 0.2) is 35.4 Å². The van der Waals surface area contributed by atoms with Gasteiger partial charge in [-0.3, -0.25) is 19.0 Å². The van der Waals surface area contributed by atoms with Crippen LogP contribution in [0, 0.1) is 6.92 Å². The molecule has 0 saturated carbocycles. The van der Waals surface area contributed by atoms with Gasteiger partial charge >= 0.3 is 5.97 Å². The Hall–Kier alpha value is -3.53. The standard InChI is InChI=1S/C18H16N4O5S/c1-9-13-16(28-14(9)15(19)24)20-8-22(17(13)25)7-12(23)21-11-5-3-10(4-6-11)18(26)27-2/h3-6,8H,7H2,1-2H3,(H2,19,24)(H,21,23). The number of amides is 2. The van der Waals surface area contributed by atoms with Crippen molar-refractivity contribution in [2.45, 2.75) is 13.5 Å². The molecule has 10 heteroatoms. The number of nitrogens with one attached hydrogen (secondary N) is 1. The molecule has 0 bridgehead atoms. The number of ether oxygens (including phenoxy) is 1. The molecule has 3 aromatic rings. The van der Waals surface area contributed by atoms with E-state index in [-0.39, 0.29) is 16.8 Å². The molecular formula is C18H16N4O5S. The first-order valence-electron chi connectivity index (χ1n) is 8.08. The van der Waals surface area contributed by atoms with Gasteiger partial charge in [-0.25, -0.2) is 9.78 Å². The molecule has 0 radical (unpaired) electrons. The van der Waals surface area contributed by atoms with Crippen LogP contribution in [-0.2, 0) is 16.1 Å². The van der Waals surface area contributed by atoms with Crippen LogP contribution in [0.25, 0.3) is 10.2 Å². The molecule has 0 aliphatic carbocycles. The molecular weight excluding hydrogens is 384 g/mol. The second-order valence-electron chi connectivity index (χ2n) is 5.90. The van der Waals surface area contributed by atoms with Crippen LogP contribution in [0.1, 0.15) is 25.6 Å². The maximum Gasteiger partial charge on any atom is 0.337 e. The molecule has 144 valence electrons. The van der Waals surface area contributed by atoms with E-state index < -0.39 is 23.3 Å². The third kappa shape index (κ3) is 3.62. The van der Waals surface area contributed by atoms with Gasteiger partial charge in [-0.05, 0) is 36.8 Å². The lowest BCUT2D eigenvalue weighted by atomic mass is 10.2. The summed E-state index contributed by atoms with van der Waals surface area (Å²) in [6.45, 7) is 1.36. The Morgan fingerprint density at radius 2 is 1.93 bits per heavy atom. The largest absolute Gasteiger partial charge is 0.465 e. The maximum absolute atomic E-state index is 12.7. The van der Waals surface area contributed by atoms with Crippen molar-refractivity contribution >= 4 is 45.0 Å². The maximum atomic E-state index is 12.7. The molecule has 0 atom stereocenters. The van der Waals surface area contributed by atoms with Crippen molar-refractivity contribution in [1.29, 1.82) is 0 Å². The highest BCUT2D eigenvalue weighted by molar-refractivity contribution is 7.20. The van der Waals surface area contributed by atoms with Gasteiger partial charge in [0.1, 0.15) is 11.4 Å². The molecule has 0 unspecified atom stereocenters. The minimum atomic E-state index is -0.625. The molecule has 2 amide bonds. The lowest BCUT2D eigenvalue weighted by Gasteiger charge is -2.08. The second kappa shape index (κ2) is 7.61. The van der Waals surface area contributed by atoms with Gasteiger partial charge in [0, 0.05) is 5.69 Å². The number of rotatable bonds is 5. The number of aromatic nitrogens is 2. The molecule has 9 nitrogen and oxygen atoms in total. The highest BCUT2D eigenvalue weighted by Gasteiger charge is 2.18. The molecule has 2 aromatic heterocycles. The fourth-order valence-electron chi connectivity index (χ4n) is 2.67. The first-order valence-corrected chi connectivity index (χ1v) is 8.90. The van der Waals surface area contributed by atoms with Gasteiger partial charge in [0.05, 0.1) is 29.3 Å². The number of methoxy groups -OCH3 is 1. The summed E-state index contributed by atoms with van der Waals surface area (Å²) in [7, 11) is 1.28. The van der Waals surface area contributed by atoms with E-state index in [2.05, 4.69) is 15.0 Å². The van der Waals surface area contributed by atoms with Gasteiger partial charge in [-0.1, -0.05) is 0 Å². The van der Waals surface area contributed by atoms with Crippen LogP contribution in [0.4, 0.5) is 5.69 Å². The Labute approximate surface area is 162 Å². The van der Waals surface area contributed by atoms with Gasteiger partial charge in [-0.15, -0.1) is 11.3 Å². The van der Waals surface area contributed by atoms with E-state index in [0.29, 0.717) is 21.6 Å². The number of anilines is 1. The summed E-state index contributed by atoms with van der Waals surface area (Å²) in [5.74, 6) is -1.55. The first kappa shape index (κ1) is 19.2. The normalized spacial score (nSPS) is 10.6. The number of esters is 1. The molecule has 3 N–H and O–H groups in total. The summed E-state index contributed by atoms with van der Waals surface area (Å²) < 4.78 is 5.77. The van der Waals surface area contributed by atoms with Crippen molar-refractivity contribution in [1.82, 2.24) is 9.55 Å². The van der Waals surface area contributed by atoms with Gasteiger partial charge in [0.15, 0.2) is 0 Å². The average Bonchev–Trinajstić information content (AvgIpc) is 3.01. The number of hydrogen-bond donors (Lipinski definition) is 2. The van der Waals surface area contributed by atoms with Gasteiger partial charge in [-0.2, -0.15) is 0 Å². The van der Waals surface area contributed by atoms with Crippen LogP contribution >= 0.6 is 11.3 Å². The lowest BCUT2D eigenvalue weighted by molar-refractivity contribution is -0.116. The second-order valence-corrected chi connectivity index (χ2v) is 6.89. The number of carbonyl (C=O) groups excluding carboxylic acids is 3. The van der Waals surface area contributed by atoms with Crippen LogP contribution in [0.2, 0.25) is 0 Å². The summed E-state index contributed by atoms with van der Waals surface area (Å²) >= 11 is 1.04. The Morgan fingerprint density at radius 1 is 1.25 bits per heavy atom. The van der Waals surface area contributed by atoms with Gasteiger partial charge in [0.2, 0.25) is 5.91 Å². The Kier molecular flexibility index (Phi) is 5.23. The van der Waals surface area contributed by atoms with Gasteiger partial charge in [0.25, 0.3) is 11.5 Å². The Balaban J connectivity index is 1.80. The fraction of sp³-hybridized carbons (Fsp3) is 0.167. The number of thiophene rings is 1. The monoisotopic (exact) mass is 400 g/mol. The van der Waals surface area contributed by atoms with E-state index in [1.54, 1.807) is 19.1 Å². The fourth-order valence-corrected chi connectivity index (χ4v) is 3.66. The van der Waals surface area contributed by atoms with Crippen LogP contribution in [0.5, 0.6) is 0 Å². The molecule has 1 aromatic carbocycles. The summed E-state index contributed by atoms with van der Waals surface area (Å²) in [5.41, 5.74) is 6.15. The number of nitrogens with two attached hydrogens (primary N) is 1. The number of hydrogen-bond acceptors (Lipinski definition) is 7. The number of carbonyl (C=O) groups is 3. The van der Waals surface area contributed by atoms with E-state index >= 15 is 0 Å². The lowest BCUT2D eigenvalue weighted by Crippen LogP contribution is -2.28. The Morgan fingerprint density at radius 3 is 2.54 bits per heavy atom. The molecule has 28 heavy (non-hydrogen) atoms. The summed E-state index contributed by atoms with van der Waals surface area (Å²) in [6.07, 6.45) is 1.26. The van der Waals surface area contributed by atoms with E-state index in [1.807, 2.05) is 0 Å². The first-order chi connectivity index (χ1) is 13.3. The minimum Gasteiger partial charge on any atom is -0.465 e. The summed E-state index contributed by atoms with van der Waals surface area (Å²) in [6, 6.07) is 6.13. The zero-order valence-corrected chi connectivity index (χ0v) is 15.8. The summed E-state index contributed by atoms with van der Waals surface area (Å²) in [4.78, 5) is 52.6. The Bertz CT molecular complexity index is 1150. The number of benzene rings is 1. The number of aryl methyl sites for hydroxylation is 1. The van der Waals surface area contributed by atoms with Gasteiger partial charge < -0.3 is 15.8 Å². The van der Waals surface area contributed by atoms with E-state index in [4.69, 9.17) is 5.73 Å². The van der Waals surface area contributed by atoms with Crippen LogP contribution < -0.4 is 16.6 Å². The highest BCUT2D eigenvalue weighted by Crippen LogP contribution is 2.26. The topological polar surface area (TPSA) is 133 Å². The molecule has 0 fully saturated rings. The SMILES string of the molecule is COC(=O)c1ccc(NC(=O)Cn2cnc3sc(C(N)=O)c(C)c3c2=O)cc1. The molecule has 0 aliphatic heterocycles. The third-order valence-electron chi connectivity index (χ3n) is 4.04.